The molecule has 1 aliphatic heterocycles. The van der Waals surface area contributed by atoms with Gasteiger partial charge in [-0.1, -0.05) is 0 Å². The van der Waals surface area contributed by atoms with Crippen LogP contribution in [0.1, 0.15) is 27.7 Å². The van der Waals surface area contributed by atoms with Crippen LogP contribution in [0.3, 0.4) is 0 Å². The van der Waals surface area contributed by atoms with Crippen LogP contribution in [0.25, 0.3) is 0 Å². The second-order valence-corrected chi connectivity index (χ2v) is 5.81. The van der Waals surface area contributed by atoms with E-state index < -0.39 is 0 Å². The Balaban J connectivity index is 2.33. The largest absolute Gasteiger partial charge is 0.338 e. The Morgan fingerprint density at radius 2 is 1.58 bits per heavy atom. The maximum atomic E-state index is 12.0. The van der Waals surface area contributed by atoms with E-state index >= 15 is 0 Å². The van der Waals surface area contributed by atoms with Gasteiger partial charge in [-0.15, -0.1) is 0 Å². The number of nitrogens with one attached hydrogen (secondary N) is 2. The van der Waals surface area contributed by atoms with Gasteiger partial charge in [0.2, 0.25) is 5.91 Å². The molecule has 1 aliphatic rings. The van der Waals surface area contributed by atoms with Crippen molar-refractivity contribution in [3.63, 3.8) is 0 Å². The van der Waals surface area contributed by atoms with Gasteiger partial charge in [-0.3, -0.25) is 4.79 Å². The topological polar surface area (TPSA) is 64.7 Å². The Morgan fingerprint density at radius 3 is 2.05 bits per heavy atom. The number of carbonyl (C=O) groups is 2. The SMILES string of the molecule is CCNC(=O)N1CCN(C(=O)CNC(C)(C)C)CC1. The molecule has 0 aromatic heterocycles. The van der Waals surface area contributed by atoms with Gasteiger partial charge in [-0.05, 0) is 27.7 Å². The predicted octanol–water partition coefficient (Wildman–Crippen LogP) is 0.248. The molecule has 0 unspecified atom stereocenters. The van der Waals surface area contributed by atoms with Crippen LogP contribution in [-0.2, 0) is 4.79 Å². The van der Waals surface area contributed by atoms with Crippen LogP contribution >= 0.6 is 0 Å². The van der Waals surface area contributed by atoms with Crippen molar-refractivity contribution in [3.05, 3.63) is 0 Å². The Morgan fingerprint density at radius 1 is 1.05 bits per heavy atom. The minimum atomic E-state index is -0.0570. The van der Waals surface area contributed by atoms with E-state index in [4.69, 9.17) is 0 Å². The van der Waals surface area contributed by atoms with Crippen molar-refractivity contribution in [1.82, 2.24) is 20.4 Å². The van der Waals surface area contributed by atoms with Crippen LogP contribution in [0.5, 0.6) is 0 Å². The molecular weight excluding hydrogens is 244 g/mol. The first-order valence-electron chi connectivity index (χ1n) is 6.89. The zero-order chi connectivity index (χ0) is 14.5. The molecule has 1 saturated heterocycles. The summed E-state index contributed by atoms with van der Waals surface area (Å²) in [6, 6.07) is -0.0394. The first kappa shape index (κ1) is 15.8. The van der Waals surface area contributed by atoms with Gasteiger partial charge in [0.05, 0.1) is 6.54 Å². The molecule has 0 atom stereocenters. The molecule has 0 aliphatic carbocycles. The number of amides is 3. The summed E-state index contributed by atoms with van der Waals surface area (Å²) in [5.74, 6) is 0.102. The predicted molar refractivity (Wildman–Crippen MR) is 75.0 cm³/mol. The quantitative estimate of drug-likeness (QED) is 0.772. The van der Waals surface area contributed by atoms with E-state index in [0.29, 0.717) is 39.3 Å². The van der Waals surface area contributed by atoms with Gasteiger partial charge in [0, 0.05) is 38.3 Å². The molecule has 1 heterocycles. The number of carbonyl (C=O) groups excluding carboxylic acids is 2. The lowest BCUT2D eigenvalue weighted by Gasteiger charge is -2.35. The number of rotatable bonds is 3. The molecule has 3 amide bonds. The van der Waals surface area contributed by atoms with Crippen LogP contribution in [-0.4, -0.2) is 66.5 Å². The molecule has 19 heavy (non-hydrogen) atoms. The van der Waals surface area contributed by atoms with Gasteiger partial charge in [0.15, 0.2) is 0 Å². The Labute approximate surface area is 115 Å². The average molecular weight is 270 g/mol. The summed E-state index contributed by atoms with van der Waals surface area (Å²) in [5, 5.41) is 5.96. The van der Waals surface area contributed by atoms with Crippen LogP contribution in [0.2, 0.25) is 0 Å². The van der Waals surface area contributed by atoms with E-state index in [9.17, 15) is 9.59 Å². The summed E-state index contributed by atoms with van der Waals surface area (Å²) in [5.41, 5.74) is -0.0570. The zero-order valence-electron chi connectivity index (χ0n) is 12.5. The average Bonchev–Trinajstić information content (AvgIpc) is 2.35. The highest BCUT2D eigenvalue weighted by Gasteiger charge is 2.24. The third-order valence-corrected chi connectivity index (χ3v) is 3.02. The van der Waals surface area contributed by atoms with Crippen LogP contribution in [0.15, 0.2) is 0 Å². The molecule has 0 bridgehead atoms. The van der Waals surface area contributed by atoms with Crippen LogP contribution < -0.4 is 10.6 Å². The molecule has 6 heteroatoms. The van der Waals surface area contributed by atoms with Gasteiger partial charge >= 0.3 is 6.03 Å². The van der Waals surface area contributed by atoms with Gasteiger partial charge in [0.25, 0.3) is 0 Å². The van der Waals surface area contributed by atoms with Crippen LogP contribution in [0.4, 0.5) is 4.79 Å². The summed E-state index contributed by atoms with van der Waals surface area (Å²) < 4.78 is 0. The highest BCUT2D eigenvalue weighted by Crippen LogP contribution is 2.03. The first-order valence-corrected chi connectivity index (χ1v) is 6.89. The first-order chi connectivity index (χ1) is 8.83. The number of urea groups is 1. The monoisotopic (exact) mass is 270 g/mol. The Bertz CT molecular complexity index is 317. The van der Waals surface area contributed by atoms with Gasteiger partial charge in [0.1, 0.15) is 0 Å². The summed E-state index contributed by atoms with van der Waals surface area (Å²) >= 11 is 0. The molecule has 0 aromatic rings. The number of nitrogens with zero attached hydrogens (tertiary/aromatic N) is 2. The van der Waals surface area contributed by atoms with E-state index in [1.807, 2.05) is 32.6 Å². The van der Waals surface area contributed by atoms with Gasteiger partial charge in [-0.25, -0.2) is 4.79 Å². The maximum absolute atomic E-state index is 12.0. The molecule has 1 fully saturated rings. The summed E-state index contributed by atoms with van der Waals surface area (Å²) in [6.45, 7) is 11.4. The standard InChI is InChI=1S/C13H26N4O2/c1-5-14-12(19)17-8-6-16(7-9-17)11(18)10-15-13(2,3)4/h15H,5-10H2,1-4H3,(H,14,19). The van der Waals surface area contributed by atoms with Crippen molar-refractivity contribution < 1.29 is 9.59 Å². The van der Waals surface area contributed by atoms with Crippen molar-refractivity contribution in [3.8, 4) is 0 Å². The normalized spacial score (nSPS) is 16.4. The second kappa shape index (κ2) is 6.75. The van der Waals surface area contributed by atoms with Crippen LogP contribution in [0, 0.1) is 0 Å². The summed E-state index contributed by atoms with van der Waals surface area (Å²) in [6.07, 6.45) is 0. The number of piperazine rings is 1. The minimum Gasteiger partial charge on any atom is -0.338 e. The third-order valence-electron chi connectivity index (χ3n) is 3.02. The fraction of sp³-hybridized carbons (Fsp3) is 0.846. The molecular formula is C13H26N4O2. The molecule has 0 aromatic carbocycles. The van der Waals surface area contributed by atoms with E-state index in [2.05, 4.69) is 10.6 Å². The summed E-state index contributed by atoms with van der Waals surface area (Å²) in [7, 11) is 0. The Kier molecular flexibility index (Phi) is 5.60. The third kappa shape index (κ3) is 5.46. The molecule has 6 nitrogen and oxygen atoms in total. The van der Waals surface area contributed by atoms with Gasteiger partial charge in [-0.2, -0.15) is 0 Å². The van der Waals surface area contributed by atoms with Crippen molar-refractivity contribution in [1.29, 1.82) is 0 Å². The minimum absolute atomic E-state index is 0.0394. The highest BCUT2D eigenvalue weighted by atomic mass is 16.2. The fourth-order valence-electron chi connectivity index (χ4n) is 1.87. The zero-order valence-corrected chi connectivity index (χ0v) is 12.5. The molecule has 1 rings (SSSR count). The van der Waals surface area contributed by atoms with E-state index in [-0.39, 0.29) is 17.5 Å². The number of hydrogen-bond acceptors (Lipinski definition) is 3. The molecule has 2 N–H and O–H groups in total. The summed E-state index contributed by atoms with van der Waals surface area (Å²) in [4.78, 5) is 27.2. The van der Waals surface area contributed by atoms with Crippen molar-refractivity contribution in [2.45, 2.75) is 33.2 Å². The lowest BCUT2D eigenvalue weighted by atomic mass is 10.1. The maximum Gasteiger partial charge on any atom is 0.317 e. The smallest absolute Gasteiger partial charge is 0.317 e. The van der Waals surface area contributed by atoms with Crippen molar-refractivity contribution in [2.75, 3.05) is 39.3 Å². The van der Waals surface area contributed by atoms with E-state index in [1.165, 1.54) is 0 Å². The van der Waals surface area contributed by atoms with Gasteiger partial charge < -0.3 is 20.4 Å². The fourth-order valence-corrected chi connectivity index (χ4v) is 1.87. The lowest BCUT2D eigenvalue weighted by Crippen LogP contribution is -2.55. The highest BCUT2D eigenvalue weighted by molar-refractivity contribution is 5.79. The molecule has 0 radical (unpaired) electrons. The second-order valence-electron chi connectivity index (χ2n) is 5.81. The molecule has 0 spiro atoms. The Hall–Kier alpha value is -1.30. The van der Waals surface area contributed by atoms with Crippen molar-refractivity contribution >= 4 is 11.9 Å². The number of hydrogen-bond donors (Lipinski definition) is 2. The molecule has 110 valence electrons. The molecule has 0 saturated carbocycles. The van der Waals surface area contributed by atoms with E-state index in [1.54, 1.807) is 4.90 Å². The van der Waals surface area contributed by atoms with Crippen molar-refractivity contribution in [2.24, 2.45) is 0 Å². The van der Waals surface area contributed by atoms with E-state index in [0.717, 1.165) is 0 Å². The lowest BCUT2D eigenvalue weighted by molar-refractivity contribution is -0.131.